The van der Waals surface area contributed by atoms with Gasteiger partial charge in [-0.2, -0.15) is 0 Å². The second kappa shape index (κ2) is 11.5. The van der Waals surface area contributed by atoms with Crippen LogP contribution in [-0.4, -0.2) is 19.7 Å². The van der Waals surface area contributed by atoms with Crippen LogP contribution in [-0.2, 0) is 17.9 Å². The van der Waals surface area contributed by atoms with Crippen molar-refractivity contribution in [1.82, 2.24) is 0 Å². The highest BCUT2D eigenvalue weighted by Crippen LogP contribution is 2.37. The van der Waals surface area contributed by atoms with E-state index in [9.17, 15) is 4.79 Å². The van der Waals surface area contributed by atoms with E-state index in [4.69, 9.17) is 37.4 Å². The van der Waals surface area contributed by atoms with Gasteiger partial charge in [0.15, 0.2) is 11.5 Å². The first kappa shape index (κ1) is 24.2. The number of carbonyl (C=O) groups excluding carboxylic acids is 1. The Bertz CT molecular complexity index is 1090. The van der Waals surface area contributed by atoms with E-state index >= 15 is 0 Å². The summed E-state index contributed by atoms with van der Waals surface area (Å²) in [6.45, 7) is 3.00. The molecule has 0 heterocycles. The molecule has 3 aromatic carbocycles. The van der Waals surface area contributed by atoms with E-state index in [-0.39, 0.29) is 5.97 Å². The molecule has 0 spiro atoms. The maximum atomic E-state index is 11.8. The maximum Gasteiger partial charge on any atom is 0.338 e. The average molecular weight is 539 g/mol. The minimum Gasteiger partial charge on any atom is -0.493 e. The van der Waals surface area contributed by atoms with Crippen molar-refractivity contribution in [3.8, 4) is 11.5 Å². The number of hydrogen-bond acceptors (Lipinski definition) is 5. The van der Waals surface area contributed by atoms with E-state index in [1.165, 1.54) is 0 Å². The lowest BCUT2D eigenvalue weighted by Gasteiger charge is -2.15. The maximum absolute atomic E-state index is 11.8. The molecular formula is C24H22BrCl2NO4. The molecule has 0 saturated heterocycles. The molecule has 5 nitrogen and oxygen atoms in total. The summed E-state index contributed by atoms with van der Waals surface area (Å²) in [5.74, 6) is 0.874. The van der Waals surface area contributed by atoms with Gasteiger partial charge in [-0.15, -0.1) is 0 Å². The van der Waals surface area contributed by atoms with Crippen LogP contribution in [0.25, 0.3) is 0 Å². The van der Waals surface area contributed by atoms with Gasteiger partial charge in [0.25, 0.3) is 0 Å². The van der Waals surface area contributed by atoms with Crippen LogP contribution in [0.3, 0.4) is 0 Å². The SMILES string of the molecule is CCOC(=O)c1ccc(NCc2cc(Br)c(OCc3ccc(Cl)c(Cl)c3)c(OC)c2)cc1. The Labute approximate surface area is 205 Å². The number of nitrogens with one attached hydrogen (secondary N) is 1. The smallest absolute Gasteiger partial charge is 0.338 e. The van der Waals surface area contributed by atoms with Gasteiger partial charge in [-0.3, -0.25) is 0 Å². The monoisotopic (exact) mass is 537 g/mol. The van der Waals surface area contributed by atoms with Crippen LogP contribution >= 0.6 is 39.1 Å². The topological polar surface area (TPSA) is 56.8 Å². The molecule has 3 aromatic rings. The number of rotatable bonds is 9. The quantitative estimate of drug-likeness (QED) is 0.293. The molecule has 0 aliphatic rings. The number of ether oxygens (including phenoxy) is 3. The second-order valence-corrected chi connectivity index (χ2v) is 8.47. The van der Waals surface area contributed by atoms with Crippen LogP contribution in [0.5, 0.6) is 11.5 Å². The molecule has 0 bridgehead atoms. The summed E-state index contributed by atoms with van der Waals surface area (Å²) in [7, 11) is 1.60. The summed E-state index contributed by atoms with van der Waals surface area (Å²) in [5, 5.41) is 4.31. The molecule has 168 valence electrons. The molecule has 0 fully saturated rings. The standard InChI is InChI=1S/C24H22BrCl2NO4/c1-3-31-24(29)17-5-7-18(8-6-17)28-13-16-10-19(25)23(22(12-16)30-2)32-14-15-4-9-20(26)21(27)11-15/h4-12,28H,3,13-14H2,1-2H3. The molecular weight excluding hydrogens is 517 g/mol. The van der Waals surface area contributed by atoms with Gasteiger partial charge in [-0.05, 0) is 82.5 Å². The average Bonchev–Trinajstić information content (AvgIpc) is 2.79. The number of halogens is 3. The first-order valence-corrected chi connectivity index (χ1v) is 11.4. The Balaban J connectivity index is 1.66. The first-order valence-electron chi connectivity index (χ1n) is 9.85. The molecule has 0 aromatic heterocycles. The zero-order chi connectivity index (χ0) is 23.1. The molecule has 32 heavy (non-hydrogen) atoms. The molecule has 0 amide bonds. The number of esters is 1. The zero-order valence-electron chi connectivity index (χ0n) is 17.6. The van der Waals surface area contributed by atoms with E-state index in [0.717, 1.165) is 21.3 Å². The summed E-state index contributed by atoms with van der Waals surface area (Å²) in [6, 6.07) is 16.4. The summed E-state index contributed by atoms with van der Waals surface area (Å²) in [5.41, 5.74) is 3.29. The van der Waals surface area contributed by atoms with Crippen LogP contribution in [0.1, 0.15) is 28.4 Å². The Morgan fingerprint density at radius 2 is 1.75 bits per heavy atom. The fourth-order valence-corrected chi connectivity index (χ4v) is 3.87. The van der Waals surface area contributed by atoms with Gasteiger partial charge in [-0.1, -0.05) is 29.3 Å². The van der Waals surface area contributed by atoms with Crippen molar-refractivity contribution in [3.63, 3.8) is 0 Å². The fraction of sp³-hybridized carbons (Fsp3) is 0.208. The van der Waals surface area contributed by atoms with E-state index in [1.54, 1.807) is 38.3 Å². The number of methoxy groups -OCH3 is 1. The van der Waals surface area contributed by atoms with Gasteiger partial charge >= 0.3 is 5.97 Å². The summed E-state index contributed by atoms with van der Waals surface area (Å²) < 4.78 is 17.3. The lowest BCUT2D eigenvalue weighted by molar-refractivity contribution is 0.0526. The number of hydrogen-bond donors (Lipinski definition) is 1. The predicted molar refractivity (Wildman–Crippen MR) is 131 cm³/mol. The third-order valence-corrected chi connectivity index (χ3v) is 5.88. The van der Waals surface area contributed by atoms with E-state index in [0.29, 0.717) is 46.9 Å². The van der Waals surface area contributed by atoms with E-state index in [2.05, 4.69) is 21.2 Å². The Kier molecular flexibility index (Phi) is 8.67. The molecule has 3 rings (SSSR count). The van der Waals surface area contributed by atoms with Gasteiger partial charge in [-0.25, -0.2) is 4.79 Å². The van der Waals surface area contributed by atoms with Crippen molar-refractivity contribution < 1.29 is 19.0 Å². The summed E-state index contributed by atoms with van der Waals surface area (Å²) in [4.78, 5) is 11.8. The normalized spacial score (nSPS) is 10.5. The number of anilines is 1. The third kappa shape index (κ3) is 6.31. The van der Waals surface area contributed by atoms with Crippen LogP contribution in [0.2, 0.25) is 10.0 Å². The van der Waals surface area contributed by atoms with Crippen LogP contribution in [0.4, 0.5) is 5.69 Å². The first-order chi connectivity index (χ1) is 15.4. The van der Waals surface area contributed by atoms with Gasteiger partial charge in [0.2, 0.25) is 0 Å². The van der Waals surface area contributed by atoms with Crippen LogP contribution < -0.4 is 14.8 Å². The molecule has 1 N–H and O–H groups in total. The van der Waals surface area contributed by atoms with Crippen molar-refractivity contribution >= 4 is 50.8 Å². The molecule has 0 unspecified atom stereocenters. The van der Waals surface area contributed by atoms with Crippen LogP contribution in [0.15, 0.2) is 59.1 Å². The minimum absolute atomic E-state index is 0.316. The molecule has 0 atom stereocenters. The van der Waals surface area contributed by atoms with E-state index < -0.39 is 0 Å². The fourth-order valence-electron chi connectivity index (χ4n) is 2.94. The van der Waals surface area contributed by atoms with Gasteiger partial charge in [0.1, 0.15) is 6.61 Å². The van der Waals surface area contributed by atoms with Crippen molar-refractivity contribution in [1.29, 1.82) is 0 Å². The van der Waals surface area contributed by atoms with E-state index in [1.807, 2.05) is 30.3 Å². The van der Waals surface area contributed by atoms with Crippen molar-refractivity contribution in [2.45, 2.75) is 20.1 Å². The molecule has 0 aliphatic heterocycles. The highest BCUT2D eigenvalue weighted by atomic mass is 79.9. The van der Waals surface area contributed by atoms with Gasteiger partial charge in [0, 0.05) is 12.2 Å². The summed E-state index contributed by atoms with van der Waals surface area (Å²) >= 11 is 15.6. The molecule has 8 heteroatoms. The lowest BCUT2D eigenvalue weighted by Crippen LogP contribution is -2.05. The minimum atomic E-state index is -0.329. The molecule has 0 radical (unpaired) electrons. The second-order valence-electron chi connectivity index (χ2n) is 6.80. The highest BCUT2D eigenvalue weighted by molar-refractivity contribution is 9.10. The number of benzene rings is 3. The lowest BCUT2D eigenvalue weighted by atomic mass is 10.1. The summed E-state index contributed by atoms with van der Waals surface area (Å²) in [6.07, 6.45) is 0. The van der Waals surface area contributed by atoms with Crippen molar-refractivity contribution in [3.05, 3.63) is 85.8 Å². The van der Waals surface area contributed by atoms with Gasteiger partial charge in [0.05, 0.1) is 33.8 Å². The van der Waals surface area contributed by atoms with Gasteiger partial charge < -0.3 is 19.5 Å². The van der Waals surface area contributed by atoms with Crippen molar-refractivity contribution in [2.24, 2.45) is 0 Å². The Morgan fingerprint density at radius 1 is 1.00 bits per heavy atom. The molecule has 0 aliphatic carbocycles. The molecule has 0 saturated carbocycles. The largest absolute Gasteiger partial charge is 0.493 e. The Morgan fingerprint density at radius 3 is 2.41 bits per heavy atom. The Hall–Kier alpha value is -2.41. The zero-order valence-corrected chi connectivity index (χ0v) is 20.7. The van der Waals surface area contributed by atoms with Crippen LogP contribution in [0, 0.1) is 0 Å². The number of carbonyl (C=O) groups is 1. The predicted octanol–water partition coefficient (Wildman–Crippen LogP) is 7.13. The van der Waals surface area contributed by atoms with Crippen molar-refractivity contribution in [2.75, 3.05) is 19.0 Å². The third-order valence-electron chi connectivity index (χ3n) is 4.55. The highest BCUT2D eigenvalue weighted by Gasteiger charge is 2.13.